The molecule has 2 unspecified atom stereocenters. The summed E-state index contributed by atoms with van der Waals surface area (Å²) in [5.41, 5.74) is 12.7. The smallest absolute Gasteiger partial charge is 0.338 e. The summed E-state index contributed by atoms with van der Waals surface area (Å²) in [7, 11) is 0. The van der Waals surface area contributed by atoms with Crippen LogP contribution in [0.15, 0.2) is 30.3 Å². The molecule has 1 aromatic carbocycles. The minimum Gasteiger partial charge on any atom is -0.455 e. The van der Waals surface area contributed by atoms with Gasteiger partial charge in [-0.05, 0) is 43.7 Å². The summed E-state index contributed by atoms with van der Waals surface area (Å²) >= 11 is 0. The Bertz CT molecular complexity index is 568. The summed E-state index contributed by atoms with van der Waals surface area (Å²) in [6.45, 7) is 0. The zero-order valence-electron chi connectivity index (χ0n) is 12.2. The summed E-state index contributed by atoms with van der Waals surface area (Å²) in [6, 6.07) is 9.18. The lowest BCUT2D eigenvalue weighted by Crippen LogP contribution is -2.72. The van der Waals surface area contributed by atoms with Gasteiger partial charge in [-0.2, -0.15) is 0 Å². The highest BCUT2D eigenvalue weighted by Crippen LogP contribution is 2.58. The fourth-order valence-corrected chi connectivity index (χ4v) is 5.44. The predicted octanol–water partition coefficient (Wildman–Crippen LogP) is 1.97. The van der Waals surface area contributed by atoms with Crippen molar-refractivity contribution < 1.29 is 9.53 Å². The lowest BCUT2D eigenvalue weighted by molar-refractivity contribution is -0.146. The Balaban J connectivity index is 1.61. The summed E-state index contributed by atoms with van der Waals surface area (Å²) in [6.07, 6.45) is 5.35. The average Bonchev–Trinajstić information content (AvgIpc) is 2.34. The van der Waals surface area contributed by atoms with Gasteiger partial charge in [-0.3, -0.25) is 0 Å². The van der Waals surface area contributed by atoms with Crippen molar-refractivity contribution in [3.8, 4) is 0 Å². The van der Waals surface area contributed by atoms with E-state index in [0.717, 1.165) is 38.5 Å². The second kappa shape index (κ2) is 4.08. The van der Waals surface area contributed by atoms with E-state index in [-0.39, 0.29) is 17.0 Å². The molecule has 0 aliphatic heterocycles. The SMILES string of the molecule is NC12CC3CC(N)(C1)CC(OC(=O)c1ccccc1)(C3)C2. The Morgan fingerprint density at radius 3 is 2.19 bits per heavy atom. The number of rotatable bonds is 2. The van der Waals surface area contributed by atoms with Crippen molar-refractivity contribution in [1.82, 2.24) is 0 Å². The highest BCUT2D eigenvalue weighted by atomic mass is 16.6. The Hall–Kier alpha value is -1.39. The second-order valence-electron chi connectivity index (χ2n) is 7.67. The number of ether oxygens (including phenoxy) is 1. The molecule has 1 aromatic rings. The topological polar surface area (TPSA) is 78.3 Å². The van der Waals surface area contributed by atoms with Crippen LogP contribution in [-0.2, 0) is 4.74 Å². The third kappa shape index (κ3) is 2.17. The van der Waals surface area contributed by atoms with Crippen LogP contribution >= 0.6 is 0 Å². The Kier molecular flexibility index (Phi) is 2.58. The molecule has 0 saturated heterocycles. The van der Waals surface area contributed by atoms with Crippen molar-refractivity contribution in [2.75, 3.05) is 0 Å². The van der Waals surface area contributed by atoms with Crippen molar-refractivity contribution in [2.45, 2.75) is 55.2 Å². The molecule has 5 rings (SSSR count). The van der Waals surface area contributed by atoms with Crippen LogP contribution in [0.1, 0.15) is 48.9 Å². The van der Waals surface area contributed by atoms with Crippen LogP contribution in [0.5, 0.6) is 0 Å². The maximum atomic E-state index is 12.4. The second-order valence-corrected chi connectivity index (χ2v) is 7.67. The van der Waals surface area contributed by atoms with Crippen molar-refractivity contribution in [2.24, 2.45) is 17.4 Å². The van der Waals surface area contributed by atoms with Gasteiger partial charge >= 0.3 is 5.97 Å². The minimum absolute atomic E-state index is 0.245. The van der Waals surface area contributed by atoms with Gasteiger partial charge in [0.05, 0.1) is 5.56 Å². The first-order valence-corrected chi connectivity index (χ1v) is 7.76. The molecule has 4 fully saturated rings. The van der Waals surface area contributed by atoms with Crippen LogP contribution in [-0.4, -0.2) is 22.6 Å². The van der Waals surface area contributed by atoms with E-state index in [1.54, 1.807) is 12.1 Å². The standard InChI is InChI=1S/C17H22N2O2/c18-15-6-12-7-16(19,9-15)11-17(8-12,10-15)21-14(20)13-4-2-1-3-5-13/h1-5,12H,6-11,18-19H2. The summed E-state index contributed by atoms with van der Waals surface area (Å²) < 4.78 is 5.97. The number of carbonyl (C=O) groups is 1. The molecule has 0 radical (unpaired) electrons. The number of benzene rings is 1. The van der Waals surface area contributed by atoms with Gasteiger partial charge in [0.2, 0.25) is 0 Å². The van der Waals surface area contributed by atoms with Gasteiger partial charge in [0.1, 0.15) is 5.60 Å². The molecule has 4 heteroatoms. The molecule has 4 bridgehead atoms. The first-order chi connectivity index (χ1) is 9.90. The van der Waals surface area contributed by atoms with Gasteiger partial charge in [0.15, 0.2) is 0 Å². The van der Waals surface area contributed by atoms with Gasteiger partial charge in [-0.1, -0.05) is 18.2 Å². The summed E-state index contributed by atoms with van der Waals surface area (Å²) in [5, 5.41) is 0. The molecule has 4 N–H and O–H groups in total. The first-order valence-electron chi connectivity index (χ1n) is 7.76. The minimum atomic E-state index is -0.449. The Labute approximate surface area is 124 Å². The van der Waals surface area contributed by atoms with Crippen LogP contribution in [0.3, 0.4) is 0 Å². The molecule has 21 heavy (non-hydrogen) atoms. The van der Waals surface area contributed by atoms with E-state index >= 15 is 0 Å². The molecule has 0 amide bonds. The van der Waals surface area contributed by atoms with E-state index in [1.807, 2.05) is 18.2 Å². The van der Waals surface area contributed by atoms with Crippen LogP contribution in [0.25, 0.3) is 0 Å². The molecule has 0 spiro atoms. The van der Waals surface area contributed by atoms with Gasteiger partial charge in [0, 0.05) is 23.9 Å². The molecule has 0 aromatic heterocycles. The number of nitrogens with two attached hydrogens (primary N) is 2. The molecular formula is C17H22N2O2. The van der Waals surface area contributed by atoms with Crippen molar-refractivity contribution in [3.63, 3.8) is 0 Å². The molecule has 2 atom stereocenters. The number of hydrogen-bond donors (Lipinski definition) is 2. The zero-order valence-corrected chi connectivity index (χ0v) is 12.2. The largest absolute Gasteiger partial charge is 0.455 e. The lowest BCUT2D eigenvalue weighted by atomic mass is 9.48. The van der Waals surface area contributed by atoms with Gasteiger partial charge in [-0.25, -0.2) is 4.79 Å². The van der Waals surface area contributed by atoms with Crippen molar-refractivity contribution in [1.29, 1.82) is 0 Å². The molecule has 4 aliphatic carbocycles. The number of carbonyl (C=O) groups excluding carboxylic acids is 1. The van der Waals surface area contributed by atoms with Crippen LogP contribution in [0.2, 0.25) is 0 Å². The van der Waals surface area contributed by atoms with Crippen molar-refractivity contribution in [3.05, 3.63) is 35.9 Å². The third-order valence-corrected chi connectivity index (χ3v) is 5.42. The number of esters is 1. The van der Waals surface area contributed by atoms with Gasteiger partial charge < -0.3 is 16.2 Å². The quantitative estimate of drug-likeness (QED) is 0.815. The van der Waals surface area contributed by atoms with Crippen LogP contribution in [0, 0.1) is 5.92 Å². The van der Waals surface area contributed by atoms with E-state index in [2.05, 4.69) is 0 Å². The molecule has 4 aliphatic rings. The normalized spacial score (nSPS) is 43.8. The van der Waals surface area contributed by atoms with Crippen LogP contribution < -0.4 is 11.5 Å². The molecule has 4 saturated carbocycles. The molecule has 0 heterocycles. The van der Waals surface area contributed by atoms with E-state index in [0.29, 0.717) is 11.5 Å². The molecule has 112 valence electrons. The monoisotopic (exact) mass is 286 g/mol. The van der Waals surface area contributed by atoms with Gasteiger partial charge in [0.25, 0.3) is 0 Å². The zero-order chi connectivity index (χ0) is 14.7. The highest BCUT2D eigenvalue weighted by molar-refractivity contribution is 5.89. The predicted molar refractivity (Wildman–Crippen MR) is 79.6 cm³/mol. The fraction of sp³-hybridized carbons (Fsp3) is 0.588. The van der Waals surface area contributed by atoms with E-state index < -0.39 is 5.60 Å². The average molecular weight is 286 g/mol. The molecule has 4 nitrogen and oxygen atoms in total. The Morgan fingerprint density at radius 1 is 1.00 bits per heavy atom. The van der Waals surface area contributed by atoms with Crippen LogP contribution in [0.4, 0.5) is 0 Å². The highest BCUT2D eigenvalue weighted by Gasteiger charge is 2.62. The first kappa shape index (κ1) is 13.3. The fourth-order valence-electron chi connectivity index (χ4n) is 5.44. The maximum absolute atomic E-state index is 12.4. The van der Waals surface area contributed by atoms with E-state index in [4.69, 9.17) is 16.2 Å². The summed E-state index contributed by atoms with van der Waals surface area (Å²) in [4.78, 5) is 12.4. The third-order valence-electron chi connectivity index (χ3n) is 5.42. The van der Waals surface area contributed by atoms with Gasteiger partial charge in [-0.15, -0.1) is 0 Å². The van der Waals surface area contributed by atoms with Crippen molar-refractivity contribution >= 4 is 5.97 Å². The van der Waals surface area contributed by atoms with E-state index in [9.17, 15) is 4.79 Å². The van der Waals surface area contributed by atoms with E-state index in [1.165, 1.54) is 0 Å². The Morgan fingerprint density at radius 2 is 1.62 bits per heavy atom. The maximum Gasteiger partial charge on any atom is 0.338 e. The molecular weight excluding hydrogens is 264 g/mol. The number of hydrogen-bond acceptors (Lipinski definition) is 4. The summed E-state index contributed by atoms with van der Waals surface area (Å²) in [5.74, 6) is 0.254. The lowest BCUT2D eigenvalue weighted by Gasteiger charge is -2.63.